The second-order valence-corrected chi connectivity index (χ2v) is 3.55. The Balaban J connectivity index is 2.57. The third-order valence-corrected chi connectivity index (χ3v) is 2.45. The minimum Gasteiger partial charge on any atom is -0.298 e. The normalized spacial score (nSPS) is 10.1. The van der Waals surface area contributed by atoms with Gasteiger partial charge in [0.25, 0.3) is 0 Å². The van der Waals surface area contributed by atoms with Crippen LogP contribution in [0.3, 0.4) is 0 Å². The predicted octanol–water partition coefficient (Wildman–Crippen LogP) is 3.01. The first-order chi connectivity index (χ1) is 7.72. The first-order valence-corrected chi connectivity index (χ1v) is 4.88. The average molecular weight is 215 g/mol. The number of carbonyl (C=O) groups excluding carboxylic acids is 1. The Bertz CT molecular complexity index is 537. The van der Waals surface area contributed by atoms with E-state index in [0.29, 0.717) is 11.1 Å². The van der Waals surface area contributed by atoms with E-state index in [4.69, 9.17) is 0 Å². The van der Waals surface area contributed by atoms with Gasteiger partial charge in [-0.2, -0.15) is 0 Å². The Labute approximate surface area is 92.8 Å². The van der Waals surface area contributed by atoms with Crippen LogP contribution in [0.2, 0.25) is 0 Å². The minimum absolute atomic E-state index is 0.357. The van der Waals surface area contributed by atoms with Gasteiger partial charge < -0.3 is 0 Å². The zero-order chi connectivity index (χ0) is 11.5. The number of aryl methyl sites for hydroxylation is 1. The van der Waals surface area contributed by atoms with E-state index in [0.717, 1.165) is 17.4 Å². The van der Waals surface area contributed by atoms with Gasteiger partial charge in [-0.3, -0.25) is 9.78 Å². The molecular formula is C13H10FNO. The van der Waals surface area contributed by atoms with Crippen molar-refractivity contribution in [2.24, 2.45) is 0 Å². The monoisotopic (exact) mass is 215 g/mol. The van der Waals surface area contributed by atoms with Crippen LogP contribution < -0.4 is 0 Å². The van der Waals surface area contributed by atoms with Crippen LogP contribution in [-0.4, -0.2) is 11.3 Å². The molecule has 0 saturated heterocycles. The molecule has 0 saturated carbocycles. The summed E-state index contributed by atoms with van der Waals surface area (Å²) in [5.41, 5.74) is 2.75. The van der Waals surface area contributed by atoms with Crippen molar-refractivity contribution in [3.8, 4) is 11.1 Å². The number of hydrogen-bond acceptors (Lipinski definition) is 2. The molecule has 0 unspecified atom stereocenters. The second kappa shape index (κ2) is 4.23. The van der Waals surface area contributed by atoms with Gasteiger partial charge in [-0.1, -0.05) is 12.1 Å². The van der Waals surface area contributed by atoms with Gasteiger partial charge in [0.15, 0.2) is 0 Å². The van der Waals surface area contributed by atoms with E-state index in [1.807, 2.05) is 6.92 Å². The summed E-state index contributed by atoms with van der Waals surface area (Å²) in [6.07, 6.45) is 3.51. The summed E-state index contributed by atoms with van der Waals surface area (Å²) in [6, 6.07) is 6.78. The number of aromatic nitrogens is 1. The van der Waals surface area contributed by atoms with Crippen LogP contribution >= 0.6 is 0 Å². The highest BCUT2D eigenvalue weighted by atomic mass is 19.1. The molecule has 0 aliphatic heterocycles. The Morgan fingerprint density at radius 3 is 2.69 bits per heavy atom. The van der Waals surface area contributed by atoms with Gasteiger partial charge in [0.2, 0.25) is 0 Å². The molecule has 1 aromatic carbocycles. The van der Waals surface area contributed by atoms with Gasteiger partial charge in [0, 0.05) is 17.3 Å². The molecule has 80 valence electrons. The van der Waals surface area contributed by atoms with Crippen molar-refractivity contribution in [3.05, 3.63) is 53.6 Å². The highest BCUT2D eigenvalue weighted by Gasteiger charge is 2.07. The average Bonchev–Trinajstić information content (AvgIpc) is 2.30. The van der Waals surface area contributed by atoms with Crippen LogP contribution in [-0.2, 0) is 0 Å². The molecule has 0 atom stereocenters. The molecule has 2 rings (SSSR count). The first-order valence-electron chi connectivity index (χ1n) is 4.88. The second-order valence-electron chi connectivity index (χ2n) is 3.55. The molecule has 2 nitrogen and oxygen atoms in total. The van der Waals surface area contributed by atoms with Crippen LogP contribution in [0.25, 0.3) is 11.1 Å². The summed E-state index contributed by atoms with van der Waals surface area (Å²) in [4.78, 5) is 14.3. The number of rotatable bonds is 2. The molecule has 0 radical (unpaired) electrons. The van der Waals surface area contributed by atoms with Crippen LogP contribution in [0.15, 0.2) is 36.7 Å². The molecule has 1 aromatic heterocycles. The van der Waals surface area contributed by atoms with Crippen molar-refractivity contribution in [2.45, 2.75) is 6.92 Å². The summed E-state index contributed by atoms with van der Waals surface area (Å²) in [7, 11) is 0. The fraction of sp³-hybridized carbons (Fsp3) is 0.0769. The molecule has 0 aliphatic rings. The van der Waals surface area contributed by atoms with Crippen molar-refractivity contribution < 1.29 is 9.18 Å². The number of halogens is 1. The third-order valence-electron chi connectivity index (χ3n) is 2.45. The van der Waals surface area contributed by atoms with Crippen molar-refractivity contribution in [1.29, 1.82) is 0 Å². The van der Waals surface area contributed by atoms with Gasteiger partial charge in [-0.05, 0) is 30.2 Å². The SMILES string of the molecule is Cc1cc(C=O)ccc1-c1ccncc1F. The Morgan fingerprint density at radius 2 is 2.06 bits per heavy atom. The summed E-state index contributed by atoms with van der Waals surface area (Å²) < 4.78 is 13.5. The largest absolute Gasteiger partial charge is 0.298 e. The molecule has 1 heterocycles. The van der Waals surface area contributed by atoms with Crippen molar-refractivity contribution in [3.63, 3.8) is 0 Å². The number of carbonyl (C=O) groups is 1. The minimum atomic E-state index is -0.357. The molecule has 16 heavy (non-hydrogen) atoms. The number of hydrogen-bond donors (Lipinski definition) is 0. The van der Waals surface area contributed by atoms with E-state index in [2.05, 4.69) is 4.98 Å². The lowest BCUT2D eigenvalue weighted by Gasteiger charge is -2.07. The lowest BCUT2D eigenvalue weighted by molar-refractivity contribution is 0.112. The molecule has 0 aliphatic carbocycles. The highest BCUT2D eigenvalue weighted by molar-refractivity contribution is 5.78. The molecule has 0 fully saturated rings. The van der Waals surface area contributed by atoms with Crippen LogP contribution in [0, 0.1) is 12.7 Å². The quantitative estimate of drug-likeness (QED) is 0.721. The number of benzene rings is 1. The van der Waals surface area contributed by atoms with Gasteiger partial charge in [-0.25, -0.2) is 4.39 Å². The lowest BCUT2D eigenvalue weighted by Crippen LogP contribution is -1.90. The van der Waals surface area contributed by atoms with E-state index in [1.54, 1.807) is 30.5 Å². The summed E-state index contributed by atoms with van der Waals surface area (Å²) in [5, 5.41) is 0. The Kier molecular flexibility index (Phi) is 2.77. The maximum Gasteiger partial charge on any atom is 0.150 e. The van der Waals surface area contributed by atoms with Crippen molar-refractivity contribution in [1.82, 2.24) is 4.98 Å². The fourth-order valence-electron chi connectivity index (χ4n) is 1.66. The third kappa shape index (κ3) is 1.84. The zero-order valence-electron chi connectivity index (χ0n) is 8.77. The van der Waals surface area contributed by atoms with Crippen LogP contribution in [0.1, 0.15) is 15.9 Å². The van der Waals surface area contributed by atoms with Gasteiger partial charge in [0.1, 0.15) is 12.1 Å². The lowest BCUT2D eigenvalue weighted by atomic mass is 9.99. The fourth-order valence-corrected chi connectivity index (χ4v) is 1.66. The summed E-state index contributed by atoms with van der Waals surface area (Å²) in [6.45, 7) is 1.85. The Morgan fingerprint density at radius 1 is 1.25 bits per heavy atom. The number of nitrogens with zero attached hydrogens (tertiary/aromatic N) is 1. The summed E-state index contributed by atoms with van der Waals surface area (Å²) in [5.74, 6) is -0.357. The maximum absolute atomic E-state index is 13.5. The van der Waals surface area contributed by atoms with Gasteiger partial charge in [0.05, 0.1) is 6.20 Å². The number of aldehydes is 1. The topological polar surface area (TPSA) is 30.0 Å². The van der Waals surface area contributed by atoms with Gasteiger partial charge in [-0.15, -0.1) is 0 Å². The van der Waals surface area contributed by atoms with Crippen molar-refractivity contribution in [2.75, 3.05) is 0 Å². The molecule has 0 N–H and O–H groups in total. The number of pyridine rings is 1. The molecular weight excluding hydrogens is 205 g/mol. The Hall–Kier alpha value is -2.03. The zero-order valence-corrected chi connectivity index (χ0v) is 8.77. The van der Waals surface area contributed by atoms with E-state index in [9.17, 15) is 9.18 Å². The molecule has 0 bridgehead atoms. The maximum atomic E-state index is 13.5. The smallest absolute Gasteiger partial charge is 0.150 e. The van der Waals surface area contributed by atoms with E-state index >= 15 is 0 Å². The van der Waals surface area contributed by atoms with Crippen LogP contribution in [0.5, 0.6) is 0 Å². The first kappa shape index (κ1) is 10.5. The van der Waals surface area contributed by atoms with E-state index in [-0.39, 0.29) is 5.82 Å². The van der Waals surface area contributed by atoms with E-state index < -0.39 is 0 Å². The molecule has 0 amide bonds. The van der Waals surface area contributed by atoms with E-state index in [1.165, 1.54) is 6.20 Å². The summed E-state index contributed by atoms with van der Waals surface area (Å²) >= 11 is 0. The molecule has 2 aromatic rings. The highest BCUT2D eigenvalue weighted by Crippen LogP contribution is 2.25. The van der Waals surface area contributed by atoms with Crippen molar-refractivity contribution >= 4 is 6.29 Å². The van der Waals surface area contributed by atoms with Gasteiger partial charge >= 0.3 is 0 Å². The predicted molar refractivity (Wildman–Crippen MR) is 59.8 cm³/mol. The molecule has 3 heteroatoms. The molecule has 0 spiro atoms. The standard InChI is InChI=1S/C13H10FNO/c1-9-6-10(8-16)2-3-11(9)12-4-5-15-7-13(12)14/h2-8H,1H3. The van der Waals surface area contributed by atoms with Crippen LogP contribution in [0.4, 0.5) is 4.39 Å².